The molecule has 4 rings (SSSR count). The highest BCUT2D eigenvalue weighted by Crippen LogP contribution is 2.40. The van der Waals surface area contributed by atoms with Gasteiger partial charge in [0.1, 0.15) is 10.6 Å². The van der Waals surface area contributed by atoms with Gasteiger partial charge in [-0.2, -0.15) is 0 Å². The first kappa shape index (κ1) is 19.7. The van der Waals surface area contributed by atoms with Crippen molar-refractivity contribution in [2.75, 3.05) is 27.2 Å². The molecule has 1 N–H and O–H groups in total. The van der Waals surface area contributed by atoms with E-state index in [1.54, 1.807) is 36.3 Å². The molecule has 1 fully saturated rings. The number of hydrogen-bond acceptors (Lipinski definition) is 5. The quantitative estimate of drug-likeness (QED) is 0.681. The Morgan fingerprint density at radius 3 is 2.93 bits per heavy atom. The lowest BCUT2D eigenvalue weighted by Gasteiger charge is -2.19. The molecule has 0 spiro atoms. The number of likely N-dealkylation sites (tertiary alicyclic amines) is 1. The predicted octanol–water partition coefficient (Wildman–Crippen LogP) is 3.95. The lowest BCUT2D eigenvalue weighted by molar-refractivity contribution is 0.0787. The van der Waals surface area contributed by atoms with Crippen LogP contribution in [0.5, 0.6) is 5.75 Å². The average molecular weight is 430 g/mol. The van der Waals surface area contributed by atoms with E-state index in [0.717, 1.165) is 22.2 Å². The average Bonchev–Trinajstić information content (AvgIpc) is 3.37. The largest absolute Gasteiger partial charge is 0.496 e. The first-order valence-corrected chi connectivity index (χ1v) is 10.4. The number of nitrogens with zero attached hydrogens (tertiary/aromatic N) is 2. The van der Waals surface area contributed by atoms with Crippen molar-refractivity contribution in [2.24, 2.45) is 0 Å². The summed E-state index contributed by atoms with van der Waals surface area (Å²) in [6, 6.07) is 8.90. The molecule has 0 unspecified atom stereocenters. The highest BCUT2D eigenvalue weighted by atomic mass is 35.5. The number of amides is 2. The lowest BCUT2D eigenvalue weighted by Crippen LogP contribution is -2.29. The molecular formula is C21H20ClN3O3S. The molecule has 1 aromatic carbocycles. The Labute approximate surface area is 177 Å². The van der Waals surface area contributed by atoms with Crippen LogP contribution >= 0.6 is 22.9 Å². The molecule has 29 heavy (non-hydrogen) atoms. The van der Waals surface area contributed by atoms with Gasteiger partial charge < -0.3 is 15.0 Å². The van der Waals surface area contributed by atoms with Gasteiger partial charge in [-0.15, -0.1) is 11.3 Å². The van der Waals surface area contributed by atoms with Crippen LogP contribution in [-0.4, -0.2) is 48.9 Å². The second-order valence-electron chi connectivity index (χ2n) is 6.86. The number of methoxy groups -OCH3 is 1. The van der Waals surface area contributed by atoms with Crippen LogP contribution in [0.3, 0.4) is 0 Å². The number of rotatable bonds is 4. The maximum Gasteiger partial charge on any atom is 0.261 e. The number of aromatic nitrogens is 1. The number of nitrogens with one attached hydrogen (secondary N) is 1. The number of fused-ring (bicyclic) bond motifs is 1. The SMILES string of the molecule is CNC(=O)c1sc2ncccc2c1[C@@H]1CCN(C(=O)c2cc(Cl)ccc2OC)C1. The molecular weight excluding hydrogens is 410 g/mol. The highest BCUT2D eigenvalue weighted by Gasteiger charge is 2.33. The van der Waals surface area contributed by atoms with Gasteiger partial charge in [-0.25, -0.2) is 4.98 Å². The summed E-state index contributed by atoms with van der Waals surface area (Å²) in [7, 11) is 3.16. The minimum atomic E-state index is -0.121. The van der Waals surface area contributed by atoms with Crippen LogP contribution in [-0.2, 0) is 0 Å². The fourth-order valence-corrected chi connectivity index (χ4v) is 5.18. The van der Waals surface area contributed by atoms with Crippen molar-refractivity contribution < 1.29 is 14.3 Å². The summed E-state index contributed by atoms with van der Waals surface area (Å²) in [5.41, 5.74) is 1.43. The van der Waals surface area contributed by atoms with E-state index in [4.69, 9.17) is 16.3 Å². The zero-order valence-corrected chi connectivity index (χ0v) is 17.6. The topological polar surface area (TPSA) is 71.5 Å². The zero-order valence-electron chi connectivity index (χ0n) is 16.1. The van der Waals surface area contributed by atoms with Crippen molar-refractivity contribution in [1.82, 2.24) is 15.2 Å². The van der Waals surface area contributed by atoms with Gasteiger partial charge in [0, 0.05) is 42.7 Å². The summed E-state index contributed by atoms with van der Waals surface area (Å²) < 4.78 is 5.34. The minimum Gasteiger partial charge on any atom is -0.496 e. The number of halogens is 1. The Morgan fingerprint density at radius 1 is 1.34 bits per heavy atom. The maximum atomic E-state index is 13.1. The zero-order chi connectivity index (χ0) is 20.5. The van der Waals surface area contributed by atoms with Gasteiger partial charge in [-0.05, 0) is 36.2 Å². The Bertz CT molecular complexity index is 1100. The van der Waals surface area contributed by atoms with Gasteiger partial charge in [0.05, 0.1) is 17.6 Å². The van der Waals surface area contributed by atoms with Crippen molar-refractivity contribution in [3.05, 3.63) is 57.6 Å². The van der Waals surface area contributed by atoms with Crippen molar-refractivity contribution in [3.8, 4) is 5.75 Å². The molecule has 3 aromatic rings. The van der Waals surface area contributed by atoms with Crippen molar-refractivity contribution in [2.45, 2.75) is 12.3 Å². The highest BCUT2D eigenvalue weighted by molar-refractivity contribution is 7.20. The molecule has 150 valence electrons. The third-order valence-electron chi connectivity index (χ3n) is 5.21. The summed E-state index contributed by atoms with van der Waals surface area (Å²) in [4.78, 5) is 33.3. The van der Waals surface area contributed by atoms with Crippen LogP contribution in [0, 0.1) is 0 Å². The molecule has 3 heterocycles. The van der Waals surface area contributed by atoms with E-state index in [2.05, 4.69) is 10.3 Å². The third-order valence-corrected chi connectivity index (χ3v) is 6.58. The smallest absolute Gasteiger partial charge is 0.261 e. The van der Waals surface area contributed by atoms with E-state index in [1.807, 2.05) is 12.1 Å². The summed E-state index contributed by atoms with van der Waals surface area (Å²) in [5.74, 6) is 0.323. The number of hydrogen-bond donors (Lipinski definition) is 1. The number of carbonyl (C=O) groups excluding carboxylic acids is 2. The van der Waals surface area contributed by atoms with E-state index in [-0.39, 0.29) is 17.7 Å². The standard InChI is InChI=1S/C21H20ClN3O3S/c1-23-19(26)18-17(14-4-3-8-24-20(14)29-18)12-7-9-25(11-12)21(27)15-10-13(22)5-6-16(15)28-2/h3-6,8,10,12H,7,9,11H2,1-2H3,(H,23,26)/t12-/m1/s1. The van der Waals surface area contributed by atoms with Crippen molar-refractivity contribution >= 4 is 45.0 Å². The van der Waals surface area contributed by atoms with Crippen LogP contribution in [0.1, 0.15) is 37.9 Å². The maximum absolute atomic E-state index is 13.1. The number of thiophene rings is 1. The first-order valence-electron chi connectivity index (χ1n) is 9.25. The van der Waals surface area contributed by atoms with Gasteiger partial charge in [0.2, 0.25) is 0 Å². The van der Waals surface area contributed by atoms with Crippen molar-refractivity contribution in [3.63, 3.8) is 0 Å². The number of pyridine rings is 1. The molecule has 0 saturated carbocycles. The summed E-state index contributed by atoms with van der Waals surface area (Å²) in [5, 5.41) is 4.19. The van der Waals surface area contributed by atoms with E-state index in [1.165, 1.54) is 18.4 Å². The Kier molecular flexibility index (Phi) is 5.43. The molecule has 0 radical (unpaired) electrons. The first-order chi connectivity index (χ1) is 14.0. The normalized spacial score (nSPS) is 16.2. The van der Waals surface area contributed by atoms with E-state index >= 15 is 0 Å². The second kappa shape index (κ2) is 8.00. The minimum absolute atomic E-state index is 0.0642. The summed E-state index contributed by atoms with van der Waals surface area (Å²) in [6.07, 6.45) is 2.51. The van der Waals surface area contributed by atoms with E-state index in [9.17, 15) is 9.59 Å². The molecule has 0 aliphatic carbocycles. The van der Waals surface area contributed by atoms with Gasteiger partial charge in [0.15, 0.2) is 0 Å². The molecule has 6 nitrogen and oxygen atoms in total. The molecule has 2 aromatic heterocycles. The van der Waals surface area contributed by atoms with Crippen LogP contribution in [0.2, 0.25) is 5.02 Å². The molecule has 1 aliphatic rings. The van der Waals surface area contributed by atoms with Crippen LogP contribution < -0.4 is 10.1 Å². The van der Waals surface area contributed by atoms with Gasteiger partial charge >= 0.3 is 0 Å². The lowest BCUT2D eigenvalue weighted by atomic mass is 9.95. The number of benzene rings is 1. The molecule has 1 saturated heterocycles. The third kappa shape index (κ3) is 3.56. The molecule has 0 bridgehead atoms. The Morgan fingerprint density at radius 2 is 2.17 bits per heavy atom. The molecule has 1 aliphatic heterocycles. The van der Waals surface area contributed by atoms with Gasteiger partial charge in [-0.3, -0.25) is 9.59 Å². The van der Waals surface area contributed by atoms with Crippen LogP contribution in [0.4, 0.5) is 0 Å². The predicted molar refractivity (Wildman–Crippen MR) is 114 cm³/mol. The van der Waals surface area contributed by atoms with Gasteiger partial charge in [-0.1, -0.05) is 17.7 Å². The number of ether oxygens (including phenoxy) is 1. The van der Waals surface area contributed by atoms with Crippen LogP contribution in [0.25, 0.3) is 10.2 Å². The fraction of sp³-hybridized carbons (Fsp3) is 0.286. The fourth-order valence-electron chi connectivity index (χ4n) is 3.84. The Hall–Kier alpha value is -2.64. The Balaban J connectivity index is 1.67. The van der Waals surface area contributed by atoms with E-state index in [0.29, 0.717) is 34.3 Å². The molecule has 8 heteroatoms. The van der Waals surface area contributed by atoms with E-state index < -0.39 is 0 Å². The molecule has 2 amide bonds. The van der Waals surface area contributed by atoms with Gasteiger partial charge in [0.25, 0.3) is 11.8 Å². The molecule has 1 atom stereocenters. The summed E-state index contributed by atoms with van der Waals surface area (Å²) >= 11 is 7.49. The monoisotopic (exact) mass is 429 g/mol. The second-order valence-corrected chi connectivity index (χ2v) is 8.30. The summed E-state index contributed by atoms with van der Waals surface area (Å²) in [6.45, 7) is 1.13. The number of carbonyl (C=O) groups is 2. The van der Waals surface area contributed by atoms with Crippen LogP contribution in [0.15, 0.2) is 36.5 Å². The van der Waals surface area contributed by atoms with Crippen molar-refractivity contribution in [1.29, 1.82) is 0 Å².